The van der Waals surface area contributed by atoms with Crippen molar-refractivity contribution in [3.63, 3.8) is 0 Å². The Balaban J connectivity index is 1.53. The van der Waals surface area contributed by atoms with Crippen LogP contribution in [0.2, 0.25) is 10.0 Å². The number of hydroxylamine groups is 2. The average Bonchev–Trinajstić information content (AvgIpc) is 3.12. The van der Waals surface area contributed by atoms with Crippen LogP contribution in [0, 0.1) is 0 Å². The van der Waals surface area contributed by atoms with Crippen molar-refractivity contribution in [3.8, 4) is 0 Å². The molecule has 0 aliphatic carbocycles. The standard InChI is InChI=1S/C20H22Cl2N2O2/c21-17-9-8-15(13-18(17)22)14-20(25)24(26)12-11-23-10-4-7-19(23)16-5-2-1-3-6-16/h1-3,5-6,8-9,13,19,26H,4,7,10-12,14H2. The van der Waals surface area contributed by atoms with Gasteiger partial charge in [-0.3, -0.25) is 14.9 Å². The molecule has 0 bridgehead atoms. The molecular formula is C20H22Cl2N2O2. The minimum Gasteiger partial charge on any atom is -0.294 e. The summed E-state index contributed by atoms with van der Waals surface area (Å²) in [6.07, 6.45) is 2.32. The quantitative estimate of drug-likeness (QED) is 0.577. The van der Waals surface area contributed by atoms with Crippen molar-refractivity contribution in [1.29, 1.82) is 0 Å². The fraction of sp³-hybridized carbons (Fsp3) is 0.350. The number of likely N-dealkylation sites (tertiary alicyclic amines) is 1. The van der Waals surface area contributed by atoms with Crippen molar-refractivity contribution in [2.75, 3.05) is 19.6 Å². The zero-order chi connectivity index (χ0) is 18.5. The third-order valence-electron chi connectivity index (χ3n) is 4.77. The largest absolute Gasteiger partial charge is 0.294 e. The minimum absolute atomic E-state index is 0.0928. The topological polar surface area (TPSA) is 43.8 Å². The number of halogens is 2. The molecule has 0 spiro atoms. The number of amides is 1. The molecule has 1 N–H and O–H groups in total. The number of carbonyl (C=O) groups is 1. The number of nitrogens with zero attached hydrogens (tertiary/aromatic N) is 2. The smallest absolute Gasteiger partial charge is 0.250 e. The summed E-state index contributed by atoms with van der Waals surface area (Å²) in [5, 5.41) is 11.8. The molecule has 138 valence electrons. The minimum atomic E-state index is -0.348. The highest BCUT2D eigenvalue weighted by Crippen LogP contribution is 2.31. The summed E-state index contributed by atoms with van der Waals surface area (Å²) in [7, 11) is 0. The molecule has 1 atom stereocenters. The molecular weight excluding hydrogens is 371 g/mol. The lowest BCUT2D eigenvalue weighted by molar-refractivity contribution is -0.165. The van der Waals surface area contributed by atoms with Crippen molar-refractivity contribution in [2.24, 2.45) is 0 Å². The number of hydrogen-bond donors (Lipinski definition) is 1. The van der Waals surface area contributed by atoms with Gasteiger partial charge in [-0.1, -0.05) is 59.6 Å². The van der Waals surface area contributed by atoms with E-state index < -0.39 is 0 Å². The lowest BCUT2D eigenvalue weighted by atomic mass is 10.0. The van der Waals surface area contributed by atoms with Gasteiger partial charge in [0, 0.05) is 12.6 Å². The Labute approximate surface area is 163 Å². The van der Waals surface area contributed by atoms with Gasteiger partial charge in [-0.05, 0) is 42.6 Å². The first-order valence-electron chi connectivity index (χ1n) is 8.77. The van der Waals surface area contributed by atoms with Crippen molar-refractivity contribution >= 4 is 29.1 Å². The van der Waals surface area contributed by atoms with Crippen LogP contribution in [-0.4, -0.2) is 40.7 Å². The van der Waals surface area contributed by atoms with Gasteiger partial charge in [-0.15, -0.1) is 0 Å². The van der Waals surface area contributed by atoms with E-state index in [0.717, 1.165) is 30.0 Å². The van der Waals surface area contributed by atoms with Crippen LogP contribution in [0.15, 0.2) is 48.5 Å². The molecule has 26 heavy (non-hydrogen) atoms. The van der Waals surface area contributed by atoms with Crippen LogP contribution in [0.5, 0.6) is 0 Å². The van der Waals surface area contributed by atoms with Crippen molar-refractivity contribution in [3.05, 3.63) is 69.7 Å². The van der Waals surface area contributed by atoms with Crippen molar-refractivity contribution < 1.29 is 10.0 Å². The maximum atomic E-state index is 12.2. The molecule has 0 aromatic heterocycles. The summed E-state index contributed by atoms with van der Waals surface area (Å²) < 4.78 is 0. The van der Waals surface area contributed by atoms with Crippen LogP contribution in [0.1, 0.15) is 30.0 Å². The van der Waals surface area contributed by atoms with E-state index in [0.29, 0.717) is 22.6 Å². The Morgan fingerprint density at radius 2 is 1.92 bits per heavy atom. The molecule has 1 unspecified atom stereocenters. The molecule has 1 aliphatic heterocycles. The van der Waals surface area contributed by atoms with Crippen LogP contribution < -0.4 is 0 Å². The van der Waals surface area contributed by atoms with E-state index in [1.165, 1.54) is 5.56 Å². The van der Waals surface area contributed by atoms with Gasteiger partial charge in [0.15, 0.2) is 0 Å². The summed E-state index contributed by atoms with van der Waals surface area (Å²) in [4.78, 5) is 14.6. The van der Waals surface area contributed by atoms with Gasteiger partial charge in [0.05, 0.1) is 23.0 Å². The van der Waals surface area contributed by atoms with E-state index >= 15 is 0 Å². The Morgan fingerprint density at radius 3 is 2.65 bits per heavy atom. The van der Waals surface area contributed by atoms with Crippen LogP contribution in [0.4, 0.5) is 0 Å². The van der Waals surface area contributed by atoms with Gasteiger partial charge in [-0.2, -0.15) is 0 Å². The summed E-state index contributed by atoms with van der Waals surface area (Å²) in [6, 6.07) is 15.8. The monoisotopic (exact) mass is 392 g/mol. The van der Waals surface area contributed by atoms with Crippen LogP contribution >= 0.6 is 23.2 Å². The summed E-state index contributed by atoms with van der Waals surface area (Å²) >= 11 is 11.9. The SMILES string of the molecule is O=C(Cc1ccc(Cl)c(Cl)c1)N(O)CCN1CCCC1c1ccccc1. The third-order valence-corrected chi connectivity index (χ3v) is 5.51. The predicted octanol–water partition coefficient (Wildman–Crippen LogP) is 4.59. The Bertz CT molecular complexity index is 755. The second-order valence-corrected chi connectivity index (χ2v) is 7.36. The molecule has 2 aromatic carbocycles. The second-order valence-electron chi connectivity index (χ2n) is 6.55. The van der Waals surface area contributed by atoms with E-state index in [1.807, 2.05) is 18.2 Å². The zero-order valence-electron chi connectivity index (χ0n) is 14.4. The van der Waals surface area contributed by atoms with Gasteiger partial charge in [0.2, 0.25) is 5.91 Å². The van der Waals surface area contributed by atoms with E-state index in [9.17, 15) is 10.0 Å². The van der Waals surface area contributed by atoms with E-state index in [1.54, 1.807) is 18.2 Å². The first-order valence-corrected chi connectivity index (χ1v) is 9.52. The maximum Gasteiger partial charge on any atom is 0.250 e. The third kappa shape index (κ3) is 4.77. The molecule has 0 saturated carbocycles. The fourth-order valence-electron chi connectivity index (χ4n) is 3.41. The Kier molecular flexibility index (Phi) is 6.54. The van der Waals surface area contributed by atoms with Gasteiger partial charge in [-0.25, -0.2) is 5.06 Å². The van der Waals surface area contributed by atoms with Gasteiger partial charge in [0.1, 0.15) is 0 Å². The molecule has 3 rings (SSSR count). The molecule has 1 fully saturated rings. The van der Waals surface area contributed by atoms with E-state index in [-0.39, 0.29) is 18.9 Å². The summed E-state index contributed by atoms with van der Waals surface area (Å²) in [5.74, 6) is -0.348. The highest BCUT2D eigenvalue weighted by atomic mass is 35.5. The van der Waals surface area contributed by atoms with Crippen molar-refractivity contribution in [2.45, 2.75) is 25.3 Å². The maximum absolute atomic E-state index is 12.2. The highest BCUT2D eigenvalue weighted by molar-refractivity contribution is 6.42. The number of benzene rings is 2. The van der Waals surface area contributed by atoms with E-state index in [2.05, 4.69) is 17.0 Å². The average molecular weight is 393 g/mol. The molecule has 4 nitrogen and oxygen atoms in total. The highest BCUT2D eigenvalue weighted by Gasteiger charge is 2.26. The molecule has 1 saturated heterocycles. The second kappa shape index (κ2) is 8.87. The van der Waals surface area contributed by atoms with Crippen molar-refractivity contribution in [1.82, 2.24) is 9.96 Å². The van der Waals surface area contributed by atoms with Crippen LogP contribution in [0.25, 0.3) is 0 Å². The predicted molar refractivity (Wildman–Crippen MR) is 104 cm³/mol. The molecule has 2 aromatic rings. The normalized spacial score (nSPS) is 17.4. The fourth-order valence-corrected chi connectivity index (χ4v) is 3.73. The van der Waals surface area contributed by atoms with Gasteiger partial charge in [0.25, 0.3) is 0 Å². The first-order chi connectivity index (χ1) is 12.5. The Hall–Kier alpha value is -1.59. The molecule has 0 radical (unpaired) electrons. The van der Waals surface area contributed by atoms with Crippen LogP contribution in [-0.2, 0) is 11.2 Å². The molecule has 6 heteroatoms. The lowest BCUT2D eigenvalue weighted by Crippen LogP contribution is -2.37. The first kappa shape index (κ1) is 19.2. The number of carbonyl (C=O) groups excluding carboxylic acids is 1. The lowest BCUT2D eigenvalue weighted by Gasteiger charge is -2.26. The van der Waals surface area contributed by atoms with Gasteiger partial charge >= 0.3 is 0 Å². The molecule has 1 amide bonds. The Morgan fingerprint density at radius 1 is 1.15 bits per heavy atom. The van der Waals surface area contributed by atoms with E-state index in [4.69, 9.17) is 23.2 Å². The molecule has 1 heterocycles. The van der Waals surface area contributed by atoms with Gasteiger partial charge < -0.3 is 0 Å². The van der Waals surface area contributed by atoms with Crippen LogP contribution in [0.3, 0.4) is 0 Å². The number of hydrogen-bond acceptors (Lipinski definition) is 3. The number of rotatable bonds is 6. The molecule has 1 aliphatic rings. The summed E-state index contributed by atoms with van der Waals surface area (Å²) in [5.41, 5.74) is 2.02. The zero-order valence-corrected chi connectivity index (χ0v) is 16.0. The summed E-state index contributed by atoms with van der Waals surface area (Å²) in [6.45, 7) is 1.90.